The van der Waals surface area contributed by atoms with Crippen LogP contribution in [0.15, 0.2) is 97.1 Å². The molecule has 0 bridgehead atoms. The first-order valence-electron chi connectivity index (χ1n) is 12.1. The lowest BCUT2D eigenvalue weighted by Gasteiger charge is -2.11. The third-order valence-corrected chi connectivity index (χ3v) is 7.00. The number of para-hydroxylation sites is 6. The van der Waals surface area contributed by atoms with Gasteiger partial charge in [0, 0.05) is 23.6 Å². The second-order valence-corrected chi connectivity index (χ2v) is 9.11. The van der Waals surface area contributed by atoms with Crippen molar-refractivity contribution in [1.29, 1.82) is 0 Å². The van der Waals surface area contributed by atoms with Gasteiger partial charge in [-0.1, -0.05) is 48.5 Å². The maximum atomic E-state index is 5.10. The van der Waals surface area contributed by atoms with Crippen molar-refractivity contribution >= 4 is 55.2 Å². The normalized spacial score (nSPS) is 12.1. The van der Waals surface area contributed by atoms with E-state index in [9.17, 15) is 0 Å². The van der Waals surface area contributed by atoms with Gasteiger partial charge in [0.25, 0.3) is 0 Å². The van der Waals surface area contributed by atoms with Crippen LogP contribution in [-0.2, 0) is 12.8 Å². The van der Waals surface area contributed by atoms with Gasteiger partial charge >= 0.3 is 0 Å². The highest BCUT2D eigenvalue weighted by molar-refractivity contribution is 5.97. The second-order valence-electron chi connectivity index (χ2n) is 9.11. The van der Waals surface area contributed by atoms with E-state index in [-0.39, 0.29) is 0 Å². The molecular formula is C30H20N6. The highest BCUT2D eigenvalue weighted by Crippen LogP contribution is 2.27. The summed E-state index contributed by atoms with van der Waals surface area (Å²) in [5, 5.41) is 2.12. The van der Waals surface area contributed by atoms with Gasteiger partial charge in [0.05, 0.1) is 33.1 Å². The summed E-state index contributed by atoms with van der Waals surface area (Å²) in [6.45, 7) is 0. The number of hydrogen-bond acceptors (Lipinski definition) is 4. The van der Waals surface area contributed by atoms with E-state index >= 15 is 0 Å². The maximum Gasteiger partial charge on any atom is 0.148 e. The van der Waals surface area contributed by atoms with Crippen molar-refractivity contribution in [1.82, 2.24) is 28.7 Å². The van der Waals surface area contributed by atoms with Gasteiger partial charge in [-0.05, 0) is 48.5 Å². The summed E-state index contributed by atoms with van der Waals surface area (Å²) in [6, 6.07) is 33.0. The monoisotopic (exact) mass is 464 g/mol. The zero-order valence-corrected chi connectivity index (χ0v) is 19.3. The number of imidazole rings is 2. The van der Waals surface area contributed by atoms with Crippen LogP contribution in [0.3, 0.4) is 0 Å². The van der Waals surface area contributed by atoms with Crippen LogP contribution >= 0.6 is 0 Å². The van der Waals surface area contributed by atoms with E-state index in [2.05, 4.69) is 69.5 Å². The summed E-state index contributed by atoms with van der Waals surface area (Å²) in [6.07, 6.45) is 1.43. The molecule has 0 amide bonds. The van der Waals surface area contributed by atoms with E-state index < -0.39 is 0 Å². The van der Waals surface area contributed by atoms with Gasteiger partial charge < -0.3 is 0 Å². The van der Waals surface area contributed by atoms with E-state index in [0.29, 0.717) is 12.8 Å². The molecule has 6 nitrogen and oxygen atoms in total. The molecule has 6 heteroatoms. The third kappa shape index (κ3) is 2.72. The van der Waals surface area contributed by atoms with Gasteiger partial charge in [0.1, 0.15) is 22.9 Å². The van der Waals surface area contributed by atoms with E-state index in [1.807, 2.05) is 36.4 Å². The highest BCUT2D eigenvalue weighted by atomic mass is 15.1. The smallest absolute Gasteiger partial charge is 0.148 e. The lowest BCUT2D eigenvalue weighted by molar-refractivity contribution is 0.796. The summed E-state index contributed by atoms with van der Waals surface area (Å²) >= 11 is 0. The molecule has 0 radical (unpaired) electrons. The van der Waals surface area contributed by atoms with Gasteiger partial charge in [-0.25, -0.2) is 19.9 Å². The average Bonchev–Trinajstić information content (AvgIpc) is 3.51. The first-order valence-corrected chi connectivity index (χ1v) is 12.1. The lowest BCUT2D eigenvalue weighted by atomic mass is 10.2. The standard InChI is InChI=1S/C30H20N6/c1-3-11-21-19(9-1)29-33-23-13-5-7-15-25(23)35(29)27(31-21)17-18-28-32-22-12-4-2-10-20(22)30-34-24-14-6-8-16-26(24)36(28)30/h1-16H,17-18H2. The Morgan fingerprint density at radius 3 is 1.28 bits per heavy atom. The number of benzene rings is 4. The number of nitrogens with zero attached hydrogens (tertiary/aromatic N) is 6. The zero-order chi connectivity index (χ0) is 23.6. The molecule has 8 rings (SSSR count). The fourth-order valence-electron chi connectivity index (χ4n) is 5.39. The van der Waals surface area contributed by atoms with Crippen LogP contribution in [0.1, 0.15) is 11.6 Å². The van der Waals surface area contributed by atoms with Crippen molar-refractivity contribution in [2.24, 2.45) is 0 Å². The molecule has 0 saturated heterocycles. The van der Waals surface area contributed by atoms with Gasteiger partial charge in [-0.3, -0.25) is 8.80 Å². The Morgan fingerprint density at radius 2 is 0.806 bits per heavy atom. The SMILES string of the molecule is c1ccc2c(c1)nc(CCc1nc3ccccc3c3nc4ccccc4n13)n1c3ccccc3nc21. The van der Waals surface area contributed by atoms with E-state index in [1.54, 1.807) is 0 Å². The quantitative estimate of drug-likeness (QED) is 0.314. The summed E-state index contributed by atoms with van der Waals surface area (Å²) < 4.78 is 4.42. The summed E-state index contributed by atoms with van der Waals surface area (Å²) in [5.74, 6) is 1.95. The number of fused-ring (bicyclic) bond motifs is 10. The lowest BCUT2D eigenvalue weighted by Crippen LogP contribution is -2.08. The van der Waals surface area contributed by atoms with E-state index in [1.165, 1.54) is 0 Å². The average molecular weight is 465 g/mol. The fourth-order valence-corrected chi connectivity index (χ4v) is 5.39. The van der Waals surface area contributed by atoms with E-state index in [0.717, 1.165) is 66.8 Å². The number of aromatic nitrogens is 6. The Labute approximate surface area is 205 Å². The number of rotatable bonds is 3. The molecule has 4 aromatic heterocycles. The molecule has 8 aromatic rings. The minimum atomic E-state index is 0.717. The van der Waals surface area contributed by atoms with Gasteiger partial charge in [0.15, 0.2) is 0 Å². The third-order valence-electron chi connectivity index (χ3n) is 7.00. The van der Waals surface area contributed by atoms with Crippen molar-refractivity contribution in [3.8, 4) is 0 Å². The molecule has 0 fully saturated rings. The number of aryl methyl sites for hydroxylation is 2. The second kappa shape index (κ2) is 7.33. The van der Waals surface area contributed by atoms with Crippen LogP contribution < -0.4 is 0 Å². The van der Waals surface area contributed by atoms with Crippen molar-refractivity contribution in [2.45, 2.75) is 12.8 Å². The molecule has 0 saturated carbocycles. The van der Waals surface area contributed by atoms with Crippen LogP contribution in [0.2, 0.25) is 0 Å². The number of hydrogen-bond donors (Lipinski definition) is 0. The van der Waals surface area contributed by atoms with Crippen molar-refractivity contribution in [2.75, 3.05) is 0 Å². The highest BCUT2D eigenvalue weighted by Gasteiger charge is 2.17. The van der Waals surface area contributed by atoms with Crippen LogP contribution in [0, 0.1) is 0 Å². The zero-order valence-electron chi connectivity index (χ0n) is 19.3. The fraction of sp³-hybridized carbons (Fsp3) is 0.0667. The molecule has 0 spiro atoms. The molecule has 36 heavy (non-hydrogen) atoms. The van der Waals surface area contributed by atoms with Gasteiger partial charge in [0.2, 0.25) is 0 Å². The minimum Gasteiger partial charge on any atom is -0.280 e. The summed E-state index contributed by atoms with van der Waals surface area (Å²) in [7, 11) is 0. The molecule has 4 heterocycles. The van der Waals surface area contributed by atoms with Crippen LogP contribution in [0.4, 0.5) is 0 Å². The Hall–Kier alpha value is -4.84. The van der Waals surface area contributed by atoms with Crippen LogP contribution in [-0.4, -0.2) is 28.7 Å². The first kappa shape index (κ1) is 19.5. The molecule has 0 aliphatic heterocycles. The molecule has 4 aromatic carbocycles. The summed E-state index contributed by atoms with van der Waals surface area (Å²) in [4.78, 5) is 20.2. The van der Waals surface area contributed by atoms with Crippen LogP contribution in [0.5, 0.6) is 0 Å². The van der Waals surface area contributed by atoms with Crippen molar-refractivity contribution < 1.29 is 0 Å². The van der Waals surface area contributed by atoms with Gasteiger partial charge in [-0.2, -0.15) is 0 Å². The molecule has 0 N–H and O–H groups in total. The predicted molar refractivity (Wildman–Crippen MR) is 143 cm³/mol. The van der Waals surface area contributed by atoms with Crippen molar-refractivity contribution in [3.63, 3.8) is 0 Å². The van der Waals surface area contributed by atoms with Crippen molar-refractivity contribution in [3.05, 3.63) is 109 Å². The first-order chi connectivity index (χ1) is 17.8. The van der Waals surface area contributed by atoms with E-state index in [4.69, 9.17) is 19.9 Å². The summed E-state index contributed by atoms with van der Waals surface area (Å²) in [5.41, 5.74) is 7.91. The molecule has 0 unspecified atom stereocenters. The maximum absolute atomic E-state index is 5.10. The molecule has 170 valence electrons. The molecule has 0 aliphatic rings. The van der Waals surface area contributed by atoms with Gasteiger partial charge in [-0.15, -0.1) is 0 Å². The molecular weight excluding hydrogens is 444 g/mol. The Bertz CT molecular complexity index is 1960. The Kier molecular flexibility index (Phi) is 3.96. The van der Waals surface area contributed by atoms with Crippen LogP contribution in [0.25, 0.3) is 55.2 Å². The molecule has 0 atom stereocenters. The topological polar surface area (TPSA) is 60.4 Å². The predicted octanol–water partition coefficient (Wildman–Crippen LogP) is 6.17. The Morgan fingerprint density at radius 1 is 0.417 bits per heavy atom. The largest absolute Gasteiger partial charge is 0.280 e. The molecule has 0 aliphatic carbocycles. The minimum absolute atomic E-state index is 0.717. The Balaban J connectivity index is 1.36.